The van der Waals surface area contributed by atoms with Crippen LogP contribution in [-0.4, -0.2) is 38.2 Å². The van der Waals surface area contributed by atoms with Gasteiger partial charge in [-0.1, -0.05) is 26.0 Å². The largest absolute Gasteiger partial charge is 0.494 e. The van der Waals surface area contributed by atoms with Crippen LogP contribution in [0.15, 0.2) is 48.5 Å². The first-order valence-corrected chi connectivity index (χ1v) is 9.73. The standard InChI is InChI=1S/C23H27NO6/c1-16(2)12-13-29-20-10-8-19(9-11-20)23(27)30-15-21(25)24-14-17-4-6-18(7-5-17)22(26)28-3/h4-11,16H,12-15H2,1-3H3,(H,24,25). The molecular formula is C23H27NO6. The number of carbonyl (C=O) groups excluding carboxylic acids is 3. The van der Waals surface area contributed by atoms with Gasteiger partial charge in [0.25, 0.3) is 5.91 Å². The van der Waals surface area contributed by atoms with Crippen molar-refractivity contribution in [2.45, 2.75) is 26.8 Å². The van der Waals surface area contributed by atoms with Gasteiger partial charge in [-0.25, -0.2) is 9.59 Å². The SMILES string of the molecule is COC(=O)c1ccc(CNC(=O)COC(=O)c2ccc(OCCC(C)C)cc2)cc1. The fraction of sp³-hybridized carbons (Fsp3) is 0.348. The lowest BCUT2D eigenvalue weighted by molar-refractivity contribution is -0.124. The Bertz CT molecular complexity index is 843. The summed E-state index contributed by atoms with van der Waals surface area (Å²) >= 11 is 0. The molecule has 0 aliphatic rings. The number of benzene rings is 2. The fourth-order valence-electron chi connectivity index (χ4n) is 2.44. The lowest BCUT2D eigenvalue weighted by atomic mass is 10.1. The van der Waals surface area contributed by atoms with Gasteiger partial charge in [-0.3, -0.25) is 4.79 Å². The van der Waals surface area contributed by atoms with Crippen LogP contribution in [0, 0.1) is 5.92 Å². The van der Waals surface area contributed by atoms with Gasteiger partial charge < -0.3 is 19.5 Å². The van der Waals surface area contributed by atoms with Crippen molar-refractivity contribution in [2.75, 3.05) is 20.3 Å². The third-order valence-electron chi connectivity index (χ3n) is 4.25. The molecule has 7 nitrogen and oxygen atoms in total. The van der Waals surface area contributed by atoms with Gasteiger partial charge in [-0.15, -0.1) is 0 Å². The zero-order chi connectivity index (χ0) is 21.9. The normalized spacial score (nSPS) is 10.4. The second-order valence-corrected chi connectivity index (χ2v) is 7.10. The third-order valence-corrected chi connectivity index (χ3v) is 4.25. The topological polar surface area (TPSA) is 90.9 Å². The van der Waals surface area contributed by atoms with Crippen LogP contribution in [0.2, 0.25) is 0 Å². The molecule has 2 aromatic carbocycles. The minimum Gasteiger partial charge on any atom is -0.494 e. The van der Waals surface area contributed by atoms with Crippen molar-refractivity contribution in [1.82, 2.24) is 5.32 Å². The van der Waals surface area contributed by atoms with Crippen molar-refractivity contribution in [3.8, 4) is 5.75 Å². The second kappa shape index (κ2) is 11.6. The van der Waals surface area contributed by atoms with Gasteiger partial charge in [-0.05, 0) is 54.3 Å². The van der Waals surface area contributed by atoms with Crippen LogP contribution in [0.1, 0.15) is 46.5 Å². The molecule has 0 spiro atoms. The molecule has 2 aromatic rings. The van der Waals surface area contributed by atoms with E-state index in [1.54, 1.807) is 48.5 Å². The third kappa shape index (κ3) is 7.58. The van der Waals surface area contributed by atoms with E-state index < -0.39 is 17.8 Å². The summed E-state index contributed by atoms with van der Waals surface area (Å²) in [5, 5.41) is 2.66. The maximum absolute atomic E-state index is 12.1. The summed E-state index contributed by atoms with van der Waals surface area (Å²) in [6.07, 6.45) is 0.953. The molecule has 0 radical (unpaired) electrons. The number of ether oxygens (including phenoxy) is 3. The molecule has 7 heteroatoms. The Morgan fingerprint density at radius 3 is 2.10 bits per heavy atom. The molecule has 0 unspecified atom stereocenters. The molecule has 0 aromatic heterocycles. The van der Waals surface area contributed by atoms with Gasteiger partial charge in [0, 0.05) is 6.54 Å². The van der Waals surface area contributed by atoms with Gasteiger partial charge >= 0.3 is 11.9 Å². The molecular weight excluding hydrogens is 386 g/mol. The highest BCUT2D eigenvalue weighted by Gasteiger charge is 2.11. The molecule has 0 bridgehead atoms. The van der Waals surface area contributed by atoms with Crippen LogP contribution in [-0.2, 0) is 20.8 Å². The number of carbonyl (C=O) groups is 3. The first-order chi connectivity index (χ1) is 14.4. The molecule has 0 saturated carbocycles. The first kappa shape index (κ1) is 22.9. The lowest BCUT2D eigenvalue weighted by Crippen LogP contribution is -2.28. The van der Waals surface area contributed by atoms with Gasteiger partial charge in [0.15, 0.2) is 6.61 Å². The molecule has 1 N–H and O–H groups in total. The number of amides is 1. The Balaban J connectivity index is 1.73. The average Bonchev–Trinajstić information content (AvgIpc) is 2.76. The number of esters is 2. The van der Waals surface area contributed by atoms with E-state index in [-0.39, 0.29) is 13.2 Å². The highest BCUT2D eigenvalue weighted by Crippen LogP contribution is 2.14. The summed E-state index contributed by atoms with van der Waals surface area (Å²) in [5.41, 5.74) is 1.57. The van der Waals surface area contributed by atoms with Crippen molar-refractivity contribution < 1.29 is 28.6 Å². The molecule has 0 heterocycles. The van der Waals surface area contributed by atoms with Gasteiger partial charge in [0.05, 0.1) is 24.8 Å². The number of hydrogen-bond donors (Lipinski definition) is 1. The van der Waals surface area contributed by atoms with Crippen molar-refractivity contribution in [3.05, 3.63) is 65.2 Å². The highest BCUT2D eigenvalue weighted by atomic mass is 16.5. The molecule has 30 heavy (non-hydrogen) atoms. The van der Waals surface area contributed by atoms with Crippen LogP contribution in [0.25, 0.3) is 0 Å². The van der Waals surface area contributed by atoms with Crippen molar-refractivity contribution in [2.24, 2.45) is 5.92 Å². The zero-order valence-electron chi connectivity index (χ0n) is 17.5. The summed E-state index contributed by atoms with van der Waals surface area (Å²) in [5.74, 6) is -0.184. The van der Waals surface area contributed by atoms with E-state index in [2.05, 4.69) is 23.9 Å². The Labute approximate surface area is 176 Å². The average molecular weight is 413 g/mol. The predicted octanol–water partition coefficient (Wildman–Crippen LogP) is 3.37. The van der Waals surface area contributed by atoms with Gasteiger partial charge in [0.1, 0.15) is 5.75 Å². The van der Waals surface area contributed by atoms with E-state index in [9.17, 15) is 14.4 Å². The molecule has 160 valence electrons. The molecule has 2 rings (SSSR count). The van der Waals surface area contributed by atoms with Crippen molar-refractivity contribution >= 4 is 17.8 Å². The van der Waals surface area contributed by atoms with Crippen molar-refractivity contribution in [1.29, 1.82) is 0 Å². The van der Waals surface area contributed by atoms with E-state index in [4.69, 9.17) is 9.47 Å². The maximum Gasteiger partial charge on any atom is 0.338 e. The Kier molecular flexibility index (Phi) is 8.87. The van der Waals surface area contributed by atoms with Gasteiger partial charge in [-0.2, -0.15) is 0 Å². The van der Waals surface area contributed by atoms with E-state index >= 15 is 0 Å². The fourth-order valence-corrected chi connectivity index (χ4v) is 2.44. The highest BCUT2D eigenvalue weighted by molar-refractivity contribution is 5.91. The Morgan fingerprint density at radius 1 is 0.900 bits per heavy atom. The molecule has 0 saturated heterocycles. The lowest BCUT2D eigenvalue weighted by Gasteiger charge is -2.09. The molecule has 0 aliphatic carbocycles. The number of methoxy groups -OCH3 is 1. The van der Waals surface area contributed by atoms with E-state index in [1.807, 2.05) is 0 Å². The summed E-state index contributed by atoms with van der Waals surface area (Å²) in [6, 6.07) is 13.3. The van der Waals surface area contributed by atoms with Crippen molar-refractivity contribution in [3.63, 3.8) is 0 Å². The number of hydrogen-bond acceptors (Lipinski definition) is 6. The summed E-state index contributed by atoms with van der Waals surface area (Å²) in [4.78, 5) is 35.4. The summed E-state index contributed by atoms with van der Waals surface area (Å²) < 4.78 is 15.3. The first-order valence-electron chi connectivity index (χ1n) is 9.73. The maximum atomic E-state index is 12.1. The predicted molar refractivity (Wildman–Crippen MR) is 111 cm³/mol. The van der Waals surface area contributed by atoms with Crippen LogP contribution >= 0.6 is 0 Å². The monoisotopic (exact) mass is 413 g/mol. The van der Waals surface area contributed by atoms with E-state index in [0.29, 0.717) is 29.4 Å². The molecule has 0 fully saturated rings. The van der Waals surface area contributed by atoms with E-state index in [1.165, 1.54) is 7.11 Å². The Hall–Kier alpha value is -3.35. The molecule has 0 aliphatic heterocycles. The number of nitrogens with one attached hydrogen (secondary N) is 1. The number of rotatable bonds is 10. The van der Waals surface area contributed by atoms with E-state index in [0.717, 1.165) is 12.0 Å². The van der Waals surface area contributed by atoms with Crippen LogP contribution in [0.4, 0.5) is 0 Å². The van der Waals surface area contributed by atoms with Gasteiger partial charge in [0.2, 0.25) is 0 Å². The second-order valence-electron chi connectivity index (χ2n) is 7.10. The summed E-state index contributed by atoms with van der Waals surface area (Å²) in [7, 11) is 1.31. The zero-order valence-corrected chi connectivity index (χ0v) is 17.5. The molecule has 0 atom stereocenters. The Morgan fingerprint density at radius 2 is 1.50 bits per heavy atom. The molecule has 1 amide bonds. The minimum absolute atomic E-state index is 0.250. The van der Waals surface area contributed by atoms with Crippen LogP contribution in [0.5, 0.6) is 5.75 Å². The summed E-state index contributed by atoms with van der Waals surface area (Å²) in [6.45, 7) is 4.73. The smallest absolute Gasteiger partial charge is 0.338 e. The quantitative estimate of drug-likeness (QED) is 0.601. The van der Waals surface area contributed by atoms with Crippen LogP contribution in [0.3, 0.4) is 0 Å². The van der Waals surface area contributed by atoms with Crippen LogP contribution < -0.4 is 10.1 Å². The minimum atomic E-state index is -0.582.